The maximum atomic E-state index is 13.7. The van der Waals surface area contributed by atoms with E-state index in [0.29, 0.717) is 41.9 Å². The third-order valence-corrected chi connectivity index (χ3v) is 11.2. The quantitative estimate of drug-likeness (QED) is 0.221. The zero-order valence-corrected chi connectivity index (χ0v) is 23.6. The van der Waals surface area contributed by atoms with Crippen LogP contribution < -0.4 is 10.0 Å². The number of nitrogens with zero attached hydrogens (tertiary/aromatic N) is 2. The molecule has 3 fully saturated rings. The van der Waals surface area contributed by atoms with Gasteiger partial charge in [0.15, 0.2) is 17.4 Å². The van der Waals surface area contributed by atoms with Crippen molar-refractivity contribution in [2.24, 2.45) is 17.3 Å². The number of hydrogen-bond donors (Lipinski definition) is 3. The minimum atomic E-state index is -1.01. The lowest BCUT2D eigenvalue weighted by Crippen LogP contribution is -2.84. The van der Waals surface area contributed by atoms with Crippen molar-refractivity contribution in [2.45, 2.75) is 49.3 Å². The molecule has 42 heavy (non-hydrogen) atoms. The van der Waals surface area contributed by atoms with E-state index in [0.717, 1.165) is 46.7 Å². The molecule has 0 radical (unpaired) electrons. The van der Waals surface area contributed by atoms with Crippen LogP contribution in [0.3, 0.4) is 0 Å². The molecule has 0 saturated heterocycles. The highest BCUT2D eigenvalue weighted by Gasteiger charge is 2.82. The molecular weight excluding hydrogens is 558 g/mol. The molecule has 3 heterocycles. The lowest BCUT2D eigenvalue weighted by molar-refractivity contribution is -0.367. The Labute approximate surface area is 245 Å². The minimum Gasteiger partial charge on any atom is -0.383 e. The van der Waals surface area contributed by atoms with E-state index in [9.17, 15) is 18.7 Å². The second kappa shape index (κ2) is 9.13. The van der Waals surface area contributed by atoms with Crippen LogP contribution in [0, 0.1) is 35.8 Å². The smallest absolute Gasteiger partial charge is 0.272 e. The fourth-order valence-corrected chi connectivity index (χ4v) is 9.09. The highest BCUT2D eigenvalue weighted by molar-refractivity contribution is 7.97. The molecule has 4 aliphatic rings. The molecule has 214 valence electrons. The van der Waals surface area contributed by atoms with E-state index in [2.05, 4.69) is 15.2 Å². The second-order valence-electron chi connectivity index (χ2n) is 11.8. The van der Waals surface area contributed by atoms with Crippen LogP contribution in [0.2, 0.25) is 0 Å². The van der Waals surface area contributed by atoms with Gasteiger partial charge in [-0.05, 0) is 73.7 Å². The molecule has 2 aromatic heterocycles. The first-order valence-corrected chi connectivity index (χ1v) is 15.0. The van der Waals surface area contributed by atoms with E-state index in [-0.39, 0.29) is 23.1 Å². The number of fused-ring (bicyclic) bond motifs is 1. The molecule has 4 aromatic rings. The van der Waals surface area contributed by atoms with E-state index >= 15 is 0 Å². The highest BCUT2D eigenvalue weighted by atomic mass is 32.2. The van der Waals surface area contributed by atoms with E-state index < -0.39 is 17.2 Å². The Balaban J connectivity index is 0.988. The number of amides is 1. The molecule has 0 bridgehead atoms. The van der Waals surface area contributed by atoms with Gasteiger partial charge in [0.2, 0.25) is 0 Å². The van der Waals surface area contributed by atoms with Crippen molar-refractivity contribution in [3.63, 3.8) is 0 Å². The van der Waals surface area contributed by atoms with Crippen LogP contribution in [0.15, 0.2) is 70.1 Å². The summed E-state index contributed by atoms with van der Waals surface area (Å²) in [5.74, 6) is -1.03. The Hall–Kier alpha value is -3.73. The summed E-state index contributed by atoms with van der Waals surface area (Å²) in [6.07, 6.45) is 6.64. The number of benzene rings is 2. The normalized spacial score (nSPS) is 28.2. The summed E-state index contributed by atoms with van der Waals surface area (Å²) in [7, 11) is 0. The van der Waals surface area contributed by atoms with E-state index in [1.807, 2.05) is 60.0 Å². The molecule has 5 unspecified atom stereocenters. The molecule has 2 aromatic carbocycles. The average molecular weight is 587 g/mol. The van der Waals surface area contributed by atoms with Gasteiger partial charge in [-0.25, -0.2) is 8.78 Å². The summed E-state index contributed by atoms with van der Waals surface area (Å²) in [6, 6.07) is 15.2. The van der Waals surface area contributed by atoms with Crippen molar-refractivity contribution in [2.75, 3.05) is 5.32 Å². The summed E-state index contributed by atoms with van der Waals surface area (Å²) in [4.78, 5) is 14.2. The number of anilines is 1. The maximum Gasteiger partial charge on any atom is 0.272 e. The highest BCUT2D eigenvalue weighted by Crippen LogP contribution is 2.81. The van der Waals surface area contributed by atoms with Crippen LogP contribution in [0.4, 0.5) is 14.5 Å². The lowest BCUT2D eigenvalue weighted by atomic mass is 9.26. The van der Waals surface area contributed by atoms with Gasteiger partial charge >= 0.3 is 0 Å². The topological polar surface area (TPSA) is 92.3 Å². The third-order valence-electron chi connectivity index (χ3n) is 10.1. The number of carbonyl (C=O) groups is 1. The van der Waals surface area contributed by atoms with E-state index in [4.69, 9.17) is 4.52 Å². The van der Waals surface area contributed by atoms with Gasteiger partial charge in [-0.15, -0.1) is 0 Å². The number of halogens is 2. The number of carbonyl (C=O) groups excluding carboxylic acids is 1. The molecular formula is C32H28F2N4O3S. The van der Waals surface area contributed by atoms with Crippen LogP contribution in [0.1, 0.15) is 46.7 Å². The van der Waals surface area contributed by atoms with Crippen molar-refractivity contribution >= 4 is 29.6 Å². The average Bonchev–Trinajstić information content (AvgIpc) is 3.69. The molecule has 8 rings (SSSR count). The SMILES string of the molecule is Cc1c(SNC2C3CCC34C2CC4(O)c2cc(-c3ccccc3)on2)c2n(c1C(=O)Nc1ccc(F)c(F)c1)CC=C2. The summed E-state index contributed by atoms with van der Waals surface area (Å²) in [5.41, 5.74) is 2.86. The Morgan fingerprint density at radius 2 is 1.98 bits per heavy atom. The van der Waals surface area contributed by atoms with Gasteiger partial charge in [0.1, 0.15) is 17.0 Å². The van der Waals surface area contributed by atoms with Crippen molar-refractivity contribution in [3.05, 3.63) is 95.0 Å². The first kappa shape index (κ1) is 25.9. The molecule has 3 saturated carbocycles. The van der Waals surface area contributed by atoms with Gasteiger partial charge in [0, 0.05) is 41.4 Å². The summed E-state index contributed by atoms with van der Waals surface area (Å²) >= 11 is 1.53. The Kier molecular flexibility index (Phi) is 5.64. The first-order valence-electron chi connectivity index (χ1n) is 14.2. The standard InChI is InChI=1S/C32H28F2N4O3S/c1-17-28(30(39)35-19-9-10-22(33)23(34)14-19)38-13-5-8-24(38)29(17)42-37-27-20-11-12-31(20)21(27)16-32(31,40)26-15-25(41-36-26)18-6-3-2-4-7-18/h2-10,14-15,20-21,27,37,40H,11-13,16H2,1H3,(H,35,39). The van der Waals surface area contributed by atoms with Crippen molar-refractivity contribution in [1.29, 1.82) is 0 Å². The van der Waals surface area contributed by atoms with E-state index in [1.165, 1.54) is 18.0 Å². The predicted molar refractivity (Wildman–Crippen MR) is 154 cm³/mol. The number of allylic oxidation sites excluding steroid dienone is 1. The molecule has 1 spiro atoms. The predicted octanol–water partition coefficient (Wildman–Crippen LogP) is 6.29. The molecule has 7 nitrogen and oxygen atoms in total. The molecule has 1 amide bonds. The molecule has 10 heteroatoms. The monoisotopic (exact) mass is 586 g/mol. The maximum absolute atomic E-state index is 13.7. The molecule has 5 atom stereocenters. The zero-order valence-electron chi connectivity index (χ0n) is 22.7. The van der Waals surface area contributed by atoms with Gasteiger partial charge in [-0.3, -0.25) is 9.52 Å². The van der Waals surface area contributed by atoms with Crippen molar-refractivity contribution < 1.29 is 23.2 Å². The van der Waals surface area contributed by atoms with E-state index in [1.54, 1.807) is 0 Å². The number of hydrogen-bond acceptors (Lipinski definition) is 6. The van der Waals surface area contributed by atoms with Crippen molar-refractivity contribution in [1.82, 2.24) is 14.4 Å². The minimum absolute atomic E-state index is 0.177. The fraction of sp³-hybridized carbons (Fsp3) is 0.312. The van der Waals surface area contributed by atoms with Gasteiger partial charge < -0.3 is 19.5 Å². The van der Waals surface area contributed by atoms with Gasteiger partial charge in [0.05, 0.1) is 10.6 Å². The molecule has 3 aliphatic carbocycles. The van der Waals surface area contributed by atoms with Crippen LogP contribution in [-0.2, 0) is 12.1 Å². The third kappa shape index (κ3) is 3.40. The second-order valence-corrected chi connectivity index (χ2v) is 12.7. The Morgan fingerprint density at radius 1 is 1.14 bits per heavy atom. The number of rotatable bonds is 7. The fourth-order valence-electron chi connectivity index (χ4n) is 7.97. The Bertz CT molecular complexity index is 1780. The van der Waals surface area contributed by atoms with Gasteiger partial charge in [-0.2, -0.15) is 0 Å². The van der Waals surface area contributed by atoms with Crippen molar-refractivity contribution in [3.8, 4) is 11.3 Å². The number of nitrogens with one attached hydrogen (secondary N) is 2. The molecule has 1 aliphatic heterocycles. The van der Waals surface area contributed by atoms with Crippen LogP contribution in [0.25, 0.3) is 17.4 Å². The summed E-state index contributed by atoms with van der Waals surface area (Å²) < 4.78 is 38.4. The van der Waals surface area contributed by atoms with Crippen LogP contribution >= 0.6 is 11.9 Å². The van der Waals surface area contributed by atoms with Crippen LogP contribution in [-0.4, -0.2) is 26.8 Å². The largest absolute Gasteiger partial charge is 0.383 e. The summed E-state index contributed by atoms with van der Waals surface area (Å²) in [5, 5.41) is 18.9. The van der Waals surface area contributed by atoms with Gasteiger partial charge in [0.25, 0.3) is 5.91 Å². The number of aromatic nitrogens is 2. The molecule has 3 N–H and O–H groups in total. The summed E-state index contributed by atoms with van der Waals surface area (Å²) in [6.45, 7) is 2.47. The Morgan fingerprint density at radius 3 is 2.71 bits per heavy atom. The zero-order chi connectivity index (χ0) is 28.8. The van der Waals surface area contributed by atoms with Crippen LogP contribution in [0.5, 0.6) is 0 Å². The van der Waals surface area contributed by atoms with Gasteiger partial charge in [-0.1, -0.05) is 41.6 Å². The number of aliphatic hydroxyl groups is 1. The lowest BCUT2D eigenvalue weighted by Gasteiger charge is -2.80. The first-order chi connectivity index (χ1) is 20.3.